The monoisotopic (exact) mass is 503 g/mol. The van der Waals surface area contributed by atoms with Gasteiger partial charge in [-0.25, -0.2) is 9.37 Å². The first-order valence-corrected chi connectivity index (χ1v) is 11.6. The van der Waals surface area contributed by atoms with Crippen molar-refractivity contribution in [3.8, 4) is 11.3 Å². The first-order valence-electron chi connectivity index (χ1n) is 10.8. The molecule has 4 N–H and O–H groups in total. The number of pyridine rings is 1. The first-order chi connectivity index (χ1) is 16.4. The fourth-order valence-electron chi connectivity index (χ4n) is 3.23. The third-order valence-corrected chi connectivity index (χ3v) is 5.64. The van der Waals surface area contributed by atoms with Gasteiger partial charge in [0.1, 0.15) is 16.3 Å². The van der Waals surface area contributed by atoms with Crippen LogP contribution in [0.25, 0.3) is 11.3 Å². The number of nitrogens with zero attached hydrogens (tertiary/aromatic N) is 3. The number of aromatic amines is 1. The van der Waals surface area contributed by atoms with Crippen LogP contribution in [-0.4, -0.2) is 59.2 Å². The van der Waals surface area contributed by atoms with Crippen LogP contribution in [0.4, 0.5) is 21.6 Å². The van der Waals surface area contributed by atoms with Crippen LogP contribution in [0.2, 0.25) is 5.02 Å². The van der Waals surface area contributed by atoms with Crippen molar-refractivity contribution in [3.05, 3.63) is 58.1 Å². The van der Waals surface area contributed by atoms with Crippen molar-refractivity contribution in [2.45, 2.75) is 13.3 Å². The maximum Gasteiger partial charge on any atom is 0.226 e. The van der Waals surface area contributed by atoms with E-state index in [-0.39, 0.29) is 11.5 Å². The molecule has 0 radical (unpaired) electrons. The summed E-state index contributed by atoms with van der Waals surface area (Å²) in [6.45, 7) is 5.36. The van der Waals surface area contributed by atoms with E-state index >= 15 is 0 Å². The number of carbonyl (C=O) groups is 1. The first kappa shape index (κ1) is 25.7. The molecule has 0 fully saturated rings. The highest BCUT2D eigenvalue weighted by Gasteiger charge is 2.11. The predicted molar refractivity (Wildman–Crippen MR) is 137 cm³/mol. The van der Waals surface area contributed by atoms with Gasteiger partial charge in [-0.3, -0.25) is 9.89 Å². The molecule has 3 rings (SSSR count). The number of carbonyl (C=O) groups excluding carboxylic acids is 1. The number of nitrogens with one attached hydrogen (secondary N) is 4. The molecule has 0 bridgehead atoms. The van der Waals surface area contributed by atoms with Gasteiger partial charge < -0.3 is 20.9 Å². The van der Waals surface area contributed by atoms with Crippen molar-refractivity contribution in [2.24, 2.45) is 0 Å². The minimum absolute atomic E-state index is 0.118. The molecule has 3 aromatic rings. The lowest BCUT2D eigenvalue weighted by Crippen LogP contribution is -2.33. The predicted octanol–water partition coefficient (Wildman–Crippen LogP) is 4.61. The van der Waals surface area contributed by atoms with Gasteiger partial charge in [-0.05, 0) is 43.9 Å². The molecule has 1 amide bonds. The summed E-state index contributed by atoms with van der Waals surface area (Å²) in [5.74, 6) is -0.152. The number of hydrogen-bond acceptors (Lipinski definition) is 7. The Balaban J connectivity index is 1.69. The summed E-state index contributed by atoms with van der Waals surface area (Å²) in [4.78, 5) is 18.8. The van der Waals surface area contributed by atoms with E-state index in [0.29, 0.717) is 45.5 Å². The highest BCUT2D eigenvalue weighted by atomic mass is 35.5. The Labute approximate surface area is 207 Å². The summed E-state index contributed by atoms with van der Waals surface area (Å²) in [7, 11) is 1.91. The minimum atomic E-state index is -0.449. The van der Waals surface area contributed by atoms with Crippen LogP contribution in [0, 0.1) is 10.5 Å². The number of rotatable bonds is 11. The van der Waals surface area contributed by atoms with Crippen molar-refractivity contribution in [3.63, 3.8) is 0 Å². The van der Waals surface area contributed by atoms with E-state index in [2.05, 4.69) is 43.0 Å². The number of likely N-dealkylation sites (N-methyl/N-ethyl adjacent to an activating group) is 2. The fourth-order valence-corrected chi connectivity index (χ4v) is 3.55. The Kier molecular flexibility index (Phi) is 9.46. The molecule has 2 heterocycles. The zero-order chi connectivity index (χ0) is 24.5. The fraction of sp³-hybridized carbons (Fsp3) is 0.304. The van der Waals surface area contributed by atoms with Gasteiger partial charge in [0.2, 0.25) is 5.91 Å². The molecule has 0 spiro atoms. The lowest BCUT2D eigenvalue weighted by atomic mass is 10.1. The number of amides is 1. The third kappa shape index (κ3) is 7.29. The Morgan fingerprint density at radius 3 is 2.82 bits per heavy atom. The van der Waals surface area contributed by atoms with Crippen LogP contribution >= 0.6 is 23.8 Å². The minimum Gasteiger partial charge on any atom is -0.353 e. The molecule has 180 valence electrons. The zero-order valence-electron chi connectivity index (χ0n) is 19.0. The van der Waals surface area contributed by atoms with E-state index < -0.39 is 5.82 Å². The molecule has 0 aliphatic carbocycles. The second-order valence-corrected chi connectivity index (χ2v) is 8.36. The molecule has 0 saturated heterocycles. The molecular formula is C23H27ClFN7OS. The van der Waals surface area contributed by atoms with Crippen molar-refractivity contribution >= 4 is 46.9 Å². The maximum atomic E-state index is 14.3. The van der Waals surface area contributed by atoms with Crippen molar-refractivity contribution in [1.82, 2.24) is 25.4 Å². The maximum absolute atomic E-state index is 14.3. The molecule has 11 heteroatoms. The van der Waals surface area contributed by atoms with Crippen molar-refractivity contribution < 1.29 is 9.18 Å². The second-order valence-electron chi connectivity index (χ2n) is 7.51. The smallest absolute Gasteiger partial charge is 0.226 e. The zero-order valence-corrected chi connectivity index (χ0v) is 20.6. The topological polar surface area (TPSA) is 98.0 Å². The lowest BCUT2D eigenvalue weighted by Gasteiger charge is -2.19. The molecule has 1 aromatic carbocycles. The van der Waals surface area contributed by atoms with Gasteiger partial charge in [0.15, 0.2) is 0 Å². The lowest BCUT2D eigenvalue weighted by molar-refractivity contribution is -0.116. The van der Waals surface area contributed by atoms with Gasteiger partial charge in [0.05, 0.1) is 11.4 Å². The summed E-state index contributed by atoms with van der Waals surface area (Å²) in [5.41, 5.74) is 1.77. The van der Waals surface area contributed by atoms with Crippen LogP contribution in [0.3, 0.4) is 0 Å². The van der Waals surface area contributed by atoms with Gasteiger partial charge in [-0.2, -0.15) is 5.10 Å². The van der Waals surface area contributed by atoms with Crippen LogP contribution in [0.15, 0.2) is 42.6 Å². The number of H-pyrrole nitrogens is 1. The number of hydrogen-bond donors (Lipinski definition) is 4. The molecule has 34 heavy (non-hydrogen) atoms. The molecular weight excluding hydrogens is 477 g/mol. The molecule has 0 saturated carbocycles. The number of benzene rings is 1. The normalized spacial score (nSPS) is 11.0. The quantitative estimate of drug-likeness (QED) is 0.284. The van der Waals surface area contributed by atoms with Crippen LogP contribution in [-0.2, 0) is 4.79 Å². The van der Waals surface area contributed by atoms with Crippen molar-refractivity contribution in [1.29, 1.82) is 0 Å². The van der Waals surface area contributed by atoms with Crippen LogP contribution in [0.1, 0.15) is 13.3 Å². The average molecular weight is 504 g/mol. The number of anilines is 3. The largest absolute Gasteiger partial charge is 0.353 e. The Bertz CT molecular complexity index is 1190. The highest BCUT2D eigenvalue weighted by Crippen LogP contribution is 2.27. The molecule has 0 unspecified atom stereocenters. The van der Waals surface area contributed by atoms with Gasteiger partial charge in [0.25, 0.3) is 0 Å². The summed E-state index contributed by atoms with van der Waals surface area (Å²) in [5, 5.41) is 16.4. The van der Waals surface area contributed by atoms with Gasteiger partial charge in [0, 0.05) is 54.6 Å². The summed E-state index contributed by atoms with van der Waals surface area (Å²) in [6, 6.07) is 9.33. The van der Waals surface area contributed by atoms with E-state index in [1.54, 1.807) is 24.4 Å². The Morgan fingerprint density at radius 1 is 1.24 bits per heavy atom. The van der Waals surface area contributed by atoms with Gasteiger partial charge in [-0.15, -0.1) is 0 Å². The third-order valence-electron chi connectivity index (χ3n) is 5.09. The number of aromatic nitrogens is 3. The van der Waals surface area contributed by atoms with Crippen molar-refractivity contribution in [2.75, 3.05) is 43.9 Å². The molecule has 0 atom stereocenters. The molecule has 0 aliphatic heterocycles. The summed E-state index contributed by atoms with van der Waals surface area (Å²) < 4.78 is 14.6. The highest BCUT2D eigenvalue weighted by molar-refractivity contribution is 7.71. The Hall–Kier alpha value is -2.92. The van der Waals surface area contributed by atoms with Crippen LogP contribution in [0.5, 0.6) is 0 Å². The molecule has 0 aliphatic rings. The second kappa shape index (κ2) is 12.5. The van der Waals surface area contributed by atoms with Gasteiger partial charge in [-0.1, -0.05) is 30.7 Å². The van der Waals surface area contributed by atoms with E-state index in [9.17, 15) is 9.18 Å². The SMILES string of the molecule is CCN(CCNC)CCC(=O)Nc1cc(Nc2cc(-c3cc(Cl)ccc3F)n[nH]c2=S)ccn1. The molecule has 2 aromatic heterocycles. The van der Waals surface area contributed by atoms with E-state index in [1.165, 1.54) is 18.2 Å². The Morgan fingerprint density at radius 2 is 2.06 bits per heavy atom. The van der Waals surface area contributed by atoms with E-state index in [0.717, 1.165) is 19.6 Å². The van der Waals surface area contributed by atoms with E-state index in [1.807, 2.05) is 7.05 Å². The van der Waals surface area contributed by atoms with Crippen LogP contribution < -0.4 is 16.0 Å². The standard InChI is InChI=1S/C23H27ClFN7OS/c1-3-32(11-9-26-2)10-7-22(33)29-21-13-16(6-8-27-21)28-20-14-19(30-31-23(20)34)17-12-15(24)4-5-18(17)25/h4-6,8,12-14,26H,3,7,9-11H2,1-2H3,(H,31,34)(H2,27,28,29,30,33). The number of halogens is 2. The van der Waals surface area contributed by atoms with E-state index in [4.69, 9.17) is 23.8 Å². The average Bonchev–Trinajstić information content (AvgIpc) is 2.82. The summed E-state index contributed by atoms with van der Waals surface area (Å²) in [6.07, 6.45) is 1.94. The molecule has 8 nitrogen and oxygen atoms in total. The summed E-state index contributed by atoms with van der Waals surface area (Å²) >= 11 is 11.3. The van der Waals surface area contributed by atoms with Gasteiger partial charge >= 0.3 is 0 Å².